The second-order valence-corrected chi connectivity index (χ2v) is 11.0. The van der Waals surface area contributed by atoms with E-state index < -0.39 is 27.7 Å². The molecule has 0 radical (unpaired) electrons. The van der Waals surface area contributed by atoms with Gasteiger partial charge in [0.2, 0.25) is 10.0 Å². The van der Waals surface area contributed by atoms with Crippen LogP contribution in [-0.4, -0.2) is 64.2 Å². The third-order valence-electron chi connectivity index (χ3n) is 6.13. The highest BCUT2D eigenvalue weighted by atomic mass is 32.2. The minimum absolute atomic E-state index is 0.0360. The van der Waals surface area contributed by atoms with Crippen molar-refractivity contribution in [2.24, 2.45) is 11.5 Å². The van der Waals surface area contributed by atoms with Crippen LogP contribution in [0.4, 0.5) is 5.69 Å². The summed E-state index contributed by atoms with van der Waals surface area (Å²) in [6.07, 6.45) is 4.69. The first-order valence-electron chi connectivity index (χ1n) is 12.6. The minimum atomic E-state index is -4.23. The number of primary amides is 1. The number of amidine groups is 1. The summed E-state index contributed by atoms with van der Waals surface area (Å²) in [6.45, 7) is 4.74. The predicted molar refractivity (Wildman–Crippen MR) is 150 cm³/mol. The van der Waals surface area contributed by atoms with Gasteiger partial charge in [0.25, 0.3) is 5.91 Å². The molecule has 210 valence electrons. The Morgan fingerprint density at radius 1 is 1.18 bits per heavy atom. The number of hydrogen-bond acceptors (Lipinski definition) is 8. The summed E-state index contributed by atoms with van der Waals surface area (Å²) in [7, 11) is -4.23. The summed E-state index contributed by atoms with van der Waals surface area (Å²) < 4.78 is 38.9. The minimum Gasteiger partial charge on any atom is -0.489 e. The fourth-order valence-electron chi connectivity index (χ4n) is 4.21. The van der Waals surface area contributed by atoms with E-state index in [1.807, 2.05) is 0 Å². The Balaban J connectivity index is 2.00. The van der Waals surface area contributed by atoms with E-state index in [1.165, 1.54) is 6.07 Å². The summed E-state index contributed by atoms with van der Waals surface area (Å²) in [4.78, 5) is 24.5. The van der Waals surface area contributed by atoms with Crippen molar-refractivity contribution in [2.75, 3.05) is 36.3 Å². The number of hydrogen-bond donors (Lipinski definition) is 4. The number of aryl methyl sites for hydroxylation is 1. The molecule has 39 heavy (non-hydrogen) atoms. The molecule has 0 atom stereocenters. The first-order valence-corrected chi connectivity index (χ1v) is 14.2. The second-order valence-electron chi connectivity index (χ2n) is 9.10. The van der Waals surface area contributed by atoms with Crippen LogP contribution in [0.5, 0.6) is 5.75 Å². The van der Waals surface area contributed by atoms with Gasteiger partial charge in [-0.2, -0.15) is 0 Å². The van der Waals surface area contributed by atoms with Crippen molar-refractivity contribution < 1.29 is 27.5 Å². The second kappa shape index (κ2) is 13.3. The number of carbonyl (C=O) groups excluding carboxylic acids is 2. The zero-order chi connectivity index (χ0) is 28.6. The maximum absolute atomic E-state index is 13.4. The van der Waals surface area contributed by atoms with E-state index in [0.717, 1.165) is 30.2 Å². The summed E-state index contributed by atoms with van der Waals surface area (Å²) in [5, 5.41) is 10.9. The van der Waals surface area contributed by atoms with Crippen molar-refractivity contribution in [3.63, 3.8) is 0 Å². The van der Waals surface area contributed by atoms with Gasteiger partial charge in [0, 0.05) is 5.56 Å². The van der Waals surface area contributed by atoms with E-state index in [9.17, 15) is 18.0 Å². The SMILES string of the molecule is CCOC(=O)CS(=O)(=O)N(C/C=C/c1cccc(C(=N)N)c1)c1cc(C(N)=O)c(OC2CCNCC2)cc1C. The fourth-order valence-corrected chi connectivity index (χ4v) is 5.55. The van der Waals surface area contributed by atoms with Crippen molar-refractivity contribution in [1.29, 1.82) is 5.41 Å². The lowest BCUT2D eigenvalue weighted by molar-refractivity contribution is -0.139. The lowest BCUT2D eigenvalue weighted by Crippen LogP contribution is -2.37. The Hall–Kier alpha value is -3.90. The summed E-state index contributed by atoms with van der Waals surface area (Å²) in [6, 6.07) is 9.89. The quantitative estimate of drug-likeness (QED) is 0.174. The van der Waals surface area contributed by atoms with Crippen molar-refractivity contribution >= 4 is 39.5 Å². The molecule has 0 aromatic heterocycles. The number of rotatable bonds is 12. The third-order valence-corrected chi connectivity index (χ3v) is 7.75. The largest absolute Gasteiger partial charge is 0.489 e. The number of piperidine rings is 1. The van der Waals surface area contributed by atoms with Gasteiger partial charge in [-0.3, -0.25) is 19.3 Å². The predicted octanol–water partition coefficient (Wildman–Crippen LogP) is 1.92. The number of nitrogens with two attached hydrogens (primary N) is 2. The van der Waals surface area contributed by atoms with E-state index in [2.05, 4.69) is 5.32 Å². The van der Waals surface area contributed by atoms with E-state index in [0.29, 0.717) is 16.7 Å². The number of sulfonamides is 1. The van der Waals surface area contributed by atoms with Crippen molar-refractivity contribution in [3.05, 3.63) is 64.7 Å². The van der Waals surface area contributed by atoms with E-state index in [-0.39, 0.29) is 42.1 Å². The smallest absolute Gasteiger partial charge is 0.323 e. The molecule has 1 fully saturated rings. The molecule has 6 N–H and O–H groups in total. The fraction of sp³-hybridized carbons (Fsp3) is 0.370. The Kier molecular flexibility index (Phi) is 10.1. The normalized spacial score (nSPS) is 14.2. The lowest BCUT2D eigenvalue weighted by atomic mass is 10.1. The molecule has 11 nitrogen and oxygen atoms in total. The highest BCUT2D eigenvalue weighted by molar-refractivity contribution is 7.93. The first kappa shape index (κ1) is 29.7. The first-order chi connectivity index (χ1) is 18.5. The lowest BCUT2D eigenvalue weighted by Gasteiger charge is -2.28. The van der Waals surface area contributed by atoms with Crippen LogP contribution in [0, 0.1) is 12.3 Å². The molecule has 2 aromatic rings. The van der Waals surface area contributed by atoms with Crippen LogP contribution in [-0.2, 0) is 19.6 Å². The molecule has 1 amide bonds. The van der Waals surface area contributed by atoms with Crippen molar-refractivity contribution in [1.82, 2.24) is 5.32 Å². The van der Waals surface area contributed by atoms with Gasteiger partial charge in [0.1, 0.15) is 17.7 Å². The van der Waals surface area contributed by atoms with E-state index in [1.54, 1.807) is 56.3 Å². The number of carbonyl (C=O) groups is 2. The number of amides is 1. The van der Waals surface area contributed by atoms with Gasteiger partial charge in [0.05, 0.1) is 24.4 Å². The topological polar surface area (TPSA) is 178 Å². The number of nitrogens with one attached hydrogen (secondary N) is 2. The number of esters is 1. The van der Waals surface area contributed by atoms with Gasteiger partial charge in [0.15, 0.2) is 5.75 Å². The van der Waals surface area contributed by atoms with E-state index in [4.69, 9.17) is 26.4 Å². The summed E-state index contributed by atoms with van der Waals surface area (Å²) in [5.74, 6) is -2.34. The zero-order valence-electron chi connectivity index (χ0n) is 22.1. The maximum Gasteiger partial charge on any atom is 0.323 e. The average molecular weight is 558 g/mol. The van der Waals surface area contributed by atoms with Crippen molar-refractivity contribution in [3.8, 4) is 5.75 Å². The molecule has 0 saturated carbocycles. The van der Waals surface area contributed by atoms with Gasteiger partial charge in [-0.05, 0) is 69.1 Å². The average Bonchev–Trinajstić information content (AvgIpc) is 2.87. The maximum atomic E-state index is 13.4. The van der Waals surface area contributed by atoms with Crippen LogP contribution in [0.1, 0.15) is 46.8 Å². The molecule has 1 aliphatic rings. The van der Waals surface area contributed by atoms with Crippen LogP contribution in [0.25, 0.3) is 6.08 Å². The Labute approximate surface area is 228 Å². The number of benzene rings is 2. The summed E-state index contributed by atoms with van der Waals surface area (Å²) in [5.41, 5.74) is 13.2. The van der Waals surface area contributed by atoms with Gasteiger partial charge in [-0.15, -0.1) is 0 Å². The number of nitrogens with zero attached hydrogens (tertiary/aromatic N) is 1. The highest BCUT2D eigenvalue weighted by Gasteiger charge is 2.29. The van der Waals surface area contributed by atoms with Crippen LogP contribution in [0.15, 0.2) is 42.5 Å². The number of nitrogen functional groups attached to an aromatic ring is 1. The monoisotopic (exact) mass is 557 g/mol. The Morgan fingerprint density at radius 3 is 2.54 bits per heavy atom. The van der Waals surface area contributed by atoms with E-state index >= 15 is 0 Å². The molecule has 1 aliphatic heterocycles. The zero-order valence-corrected chi connectivity index (χ0v) is 22.9. The molecule has 0 bridgehead atoms. The summed E-state index contributed by atoms with van der Waals surface area (Å²) >= 11 is 0. The molecule has 1 heterocycles. The molecule has 2 aromatic carbocycles. The van der Waals surface area contributed by atoms with Crippen LogP contribution in [0.3, 0.4) is 0 Å². The molecule has 0 aliphatic carbocycles. The highest BCUT2D eigenvalue weighted by Crippen LogP contribution is 2.32. The van der Waals surface area contributed by atoms with Gasteiger partial charge in [-0.1, -0.05) is 30.4 Å². The Morgan fingerprint density at radius 2 is 1.90 bits per heavy atom. The molecule has 0 spiro atoms. The molecule has 12 heteroatoms. The number of anilines is 1. The number of ether oxygens (including phenoxy) is 2. The Bertz CT molecular complexity index is 1350. The van der Waals surface area contributed by atoms with Gasteiger partial charge in [-0.25, -0.2) is 8.42 Å². The molecule has 3 rings (SSSR count). The molecule has 0 unspecified atom stereocenters. The standard InChI is InChI=1S/C27H35N5O6S/c1-3-37-25(33)17-39(35,36)32(13-5-7-19-6-4-8-20(15-19)26(28)29)23-16-22(27(30)34)24(14-18(23)2)38-21-9-11-31-12-10-21/h4-8,14-16,21,31H,3,9-13,17H2,1-2H3,(H3,28,29)(H2,30,34)/b7-5+. The van der Waals surface area contributed by atoms with Crippen molar-refractivity contribution in [2.45, 2.75) is 32.8 Å². The van der Waals surface area contributed by atoms with Gasteiger partial charge >= 0.3 is 5.97 Å². The van der Waals surface area contributed by atoms with Crippen LogP contribution in [0.2, 0.25) is 0 Å². The van der Waals surface area contributed by atoms with Crippen LogP contribution >= 0.6 is 0 Å². The molecular weight excluding hydrogens is 522 g/mol. The van der Waals surface area contributed by atoms with Gasteiger partial charge < -0.3 is 26.3 Å². The molecular formula is C27H35N5O6S. The third kappa shape index (κ3) is 8.04. The molecule has 1 saturated heterocycles. The van der Waals surface area contributed by atoms with Crippen LogP contribution < -0.4 is 25.8 Å².